The highest BCUT2D eigenvalue weighted by molar-refractivity contribution is 7.15. The Hall–Kier alpha value is -2.99. The van der Waals surface area contributed by atoms with Crippen molar-refractivity contribution in [2.45, 2.75) is 6.42 Å². The van der Waals surface area contributed by atoms with Crippen LogP contribution in [0.25, 0.3) is 16.2 Å². The zero-order chi connectivity index (χ0) is 17.2. The van der Waals surface area contributed by atoms with Crippen molar-refractivity contribution in [3.8, 4) is 11.3 Å². The standard InChI is InChI=1S/C19H14FN3OS/c20-14-8-6-13(7-9-14)17-11-23-16(12-25-19(23)22-17)10-18(24)21-15-4-2-1-3-5-15/h1-9,11-12H,10H2,(H,21,24). The number of para-hydroxylation sites is 1. The summed E-state index contributed by atoms with van der Waals surface area (Å²) in [5.74, 6) is -0.356. The van der Waals surface area contributed by atoms with Gasteiger partial charge in [-0.25, -0.2) is 9.37 Å². The number of carbonyl (C=O) groups is 1. The van der Waals surface area contributed by atoms with Crippen LogP contribution < -0.4 is 5.32 Å². The molecular formula is C19H14FN3OS. The van der Waals surface area contributed by atoms with Gasteiger partial charge in [0.05, 0.1) is 12.1 Å². The second-order valence-corrected chi connectivity index (χ2v) is 6.44. The summed E-state index contributed by atoms with van der Waals surface area (Å²) in [7, 11) is 0. The molecule has 0 bridgehead atoms. The van der Waals surface area contributed by atoms with Crippen LogP contribution >= 0.6 is 11.3 Å². The summed E-state index contributed by atoms with van der Waals surface area (Å²) >= 11 is 1.48. The van der Waals surface area contributed by atoms with Crippen LogP contribution in [0.5, 0.6) is 0 Å². The van der Waals surface area contributed by atoms with Gasteiger partial charge < -0.3 is 5.32 Å². The molecule has 4 aromatic rings. The van der Waals surface area contributed by atoms with E-state index in [9.17, 15) is 9.18 Å². The molecular weight excluding hydrogens is 337 g/mol. The summed E-state index contributed by atoms with van der Waals surface area (Å²) in [4.78, 5) is 17.6. The minimum Gasteiger partial charge on any atom is -0.326 e. The predicted molar refractivity (Wildman–Crippen MR) is 97.2 cm³/mol. The first kappa shape index (κ1) is 15.5. The van der Waals surface area contributed by atoms with E-state index in [0.29, 0.717) is 0 Å². The molecule has 2 heterocycles. The van der Waals surface area contributed by atoms with Crippen molar-refractivity contribution in [1.29, 1.82) is 0 Å². The van der Waals surface area contributed by atoms with Crippen molar-refractivity contribution in [2.75, 3.05) is 5.32 Å². The van der Waals surface area contributed by atoms with Gasteiger partial charge in [0.1, 0.15) is 5.82 Å². The lowest BCUT2D eigenvalue weighted by Crippen LogP contribution is -2.15. The number of aromatic nitrogens is 2. The van der Waals surface area contributed by atoms with E-state index < -0.39 is 0 Å². The smallest absolute Gasteiger partial charge is 0.230 e. The molecule has 0 aliphatic carbocycles. The third kappa shape index (κ3) is 3.29. The predicted octanol–water partition coefficient (Wildman–Crippen LogP) is 4.38. The molecule has 0 unspecified atom stereocenters. The fourth-order valence-electron chi connectivity index (χ4n) is 2.61. The molecule has 1 amide bonds. The van der Waals surface area contributed by atoms with Gasteiger partial charge in [0.15, 0.2) is 4.96 Å². The molecule has 6 heteroatoms. The van der Waals surface area contributed by atoms with Gasteiger partial charge in [-0.1, -0.05) is 18.2 Å². The van der Waals surface area contributed by atoms with Gasteiger partial charge in [-0.15, -0.1) is 11.3 Å². The molecule has 0 saturated carbocycles. The van der Waals surface area contributed by atoms with Crippen molar-refractivity contribution in [3.05, 3.63) is 77.7 Å². The minimum absolute atomic E-state index is 0.0806. The fourth-order valence-corrected chi connectivity index (χ4v) is 3.48. The third-order valence-corrected chi connectivity index (χ3v) is 4.71. The Kier molecular flexibility index (Phi) is 4.03. The fraction of sp³-hybridized carbons (Fsp3) is 0.0526. The summed E-state index contributed by atoms with van der Waals surface area (Å²) in [6.07, 6.45) is 2.14. The summed E-state index contributed by atoms with van der Waals surface area (Å²) in [5.41, 5.74) is 3.25. The van der Waals surface area contributed by atoms with Gasteiger partial charge in [-0.3, -0.25) is 9.20 Å². The van der Waals surface area contributed by atoms with E-state index in [1.165, 1.54) is 23.5 Å². The number of hydrogen-bond acceptors (Lipinski definition) is 3. The van der Waals surface area contributed by atoms with Gasteiger partial charge in [-0.05, 0) is 36.4 Å². The van der Waals surface area contributed by atoms with Gasteiger partial charge in [-0.2, -0.15) is 0 Å². The second kappa shape index (κ2) is 6.49. The van der Waals surface area contributed by atoms with E-state index >= 15 is 0 Å². The van der Waals surface area contributed by atoms with Crippen molar-refractivity contribution < 1.29 is 9.18 Å². The lowest BCUT2D eigenvalue weighted by molar-refractivity contribution is -0.115. The number of halogens is 1. The first-order valence-corrected chi connectivity index (χ1v) is 8.63. The molecule has 4 rings (SSSR count). The molecule has 0 aliphatic heterocycles. The van der Waals surface area contributed by atoms with Crippen LogP contribution in [0.4, 0.5) is 10.1 Å². The first-order chi connectivity index (χ1) is 12.2. The van der Waals surface area contributed by atoms with Crippen LogP contribution in [-0.2, 0) is 11.2 Å². The highest BCUT2D eigenvalue weighted by atomic mass is 32.1. The third-order valence-electron chi connectivity index (χ3n) is 3.82. The van der Waals surface area contributed by atoms with Crippen LogP contribution in [0.2, 0.25) is 0 Å². The molecule has 2 aromatic carbocycles. The zero-order valence-corrected chi connectivity index (χ0v) is 14.0. The normalized spacial score (nSPS) is 10.9. The maximum absolute atomic E-state index is 13.1. The second-order valence-electron chi connectivity index (χ2n) is 5.60. The number of hydrogen-bond donors (Lipinski definition) is 1. The van der Waals surface area contributed by atoms with Gasteiger partial charge >= 0.3 is 0 Å². The Morgan fingerprint density at radius 2 is 1.88 bits per heavy atom. The lowest BCUT2D eigenvalue weighted by Gasteiger charge is -2.04. The Labute approximate surface area is 147 Å². The van der Waals surface area contributed by atoms with E-state index in [1.807, 2.05) is 46.3 Å². The molecule has 0 aliphatic rings. The number of carbonyl (C=O) groups excluding carboxylic acids is 1. The zero-order valence-electron chi connectivity index (χ0n) is 13.1. The number of nitrogens with zero attached hydrogens (tertiary/aromatic N) is 2. The number of nitrogens with one attached hydrogen (secondary N) is 1. The molecule has 0 spiro atoms. The minimum atomic E-state index is -0.275. The Morgan fingerprint density at radius 1 is 1.12 bits per heavy atom. The molecule has 0 saturated heterocycles. The van der Waals surface area contributed by atoms with Crippen LogP contribution in [0, 0.1) is 5.82 Å². The topological polar surface area (TPSA) is 46.4 Å². The van der Waals surface area contributed by atoms with Crippen molar-refractivity contribution in [3.63, 3.8) is 0 Å². The van der Waals surface area contributed by atoms with Crippen molar-refractivity contribution in [1.82, 2.24) is 9.38 Å². The van der Waals surface area contributed by atoms with Crippen molar-refractivity contribution >= 4 is 27.9 Å². The highest BCUT2D eigenvalue weighted by Crippen LogP contribution is 2.24. The number of thiazole rings is 1. The molecule has 4 nitrogen and oxygen atoms in total. The summed E-state index contributed by atoms with van der Waals surface area (Å²) in [5, 5.41) is 4.81. The van der Waals surface area contributed by atoms with E-state index in [4.69, 9.17) is 0 Å². The molecule has 25 heavy (non-hydrogen) atoms. The molecule has 1 N–H and O–H groups in total. The monoisotopic (exact) mass is 351 g/mol. The van der Waals surface area contributed by atoms with Gasteiger partial charge in [0, 0.05) is 28.5 Å². The molecule has 124 valence electrons. The number of amides is 1. The highest BCUT2D eigenvalue weighted by Gasteiger charge is 2.12. The Bertz CT molecular complexity index is 1020. The SMILES string of the molecule is O=C(Cc1csc2nc(-c3ccc(F)cc3)cn12)Nc1ccccc1. The van der Waals surface area contributed by atoms with Crippen LogP contribution in [-0.4, -0.2) is 15.3 Å². The number of imidazole rings is 1. The summed E-state index contributed by atoms with van der Waals surface area (Å²) < 4.78 is 15.0. The number of benzene rings is 2. The van der Waals surface area contributed by atoms with Gasteiger partial charge in [0.2, 0.25) is 5.91 Å². The van der Waals surface area contributed by atoms with Crippen LogP contribution in [0.15, 0.2) is 66.2 Å². The molecule has 0 fully saturated rings. The van der Waals surface area contributed by atoms with Crippen LogP contribution in [0.1, 0.15) is 5.69 Å². The van der Waals surface area contributed by atoms with Gasteiger partial charge in [0.25, 0.3) is 0 Å². The van der Waals surface area contributed by atoms with E-state index in [1.54, 1.807) is 12.1 Å². The average Bonchev–Trinajstić information content (AvgIpc) is 3.18. The lowest BCUT2D eigenvalue weighted by atomic mass is 10.2. The number of fused-ring (bicyclic) bond motifs is 1. The summed E-state index contributed by atoms with van der Waals surface area (Å²) in [6.45, 7) is 0. The molecule has 2 aromatic heterocycles. The summed E-state index contributed by atoms with van der Waals surface area (Å²) in [6, 6.07) is 15.6. The number of anilines is 1. The molecule has 0 atom stereocenters. The van der Waals surface area contributed by atoms with E-state index in [2.05, 4.69) is 10.3 Å². The van der Waals surface area contributed by atoms with E-state index in [-0.39, 0.29) is 18.1 Å². The maximum atomic E-state index is 13.1. The largest absolute Gasteiger partial charge is 0.326 e. The number of rotatable bonds is 4. The quantitative estimate of drug-likeness (QED) is 0.593. The first-order valence-electron chi connectivity index (χ1n) is 7.75. The van der Waals surface area contributed by atoms with Crippen LogP contribution in [0.3, 0.4) is 0 Å². The maximum Gasteiger partial charge on any atom is 0.230 e. The van der Waals surface area contributed by atoms with Crippen molar-refractivity contribution in [2.24, 2.45) is 0 Å². The molecule has 0 radical (unpaired) electrons. The van der Waals surface area contributed by atoms with E-state index in [0.717, 1.165) is 27.6 Å². The Balaban J connectivity index is 1.56. The Morgan fingerprint density at radius 3 is 2.64 bits per heavy atom. The average molecular weight is 351 g/mol.